The van der Waals surface area contributed by atoms with Gasteiger partial charge in [0.15, 0.2) is 12.2 Å². The van der Waals surface area contributed by atoms with Crippen LogP contribution in [0.25, 0.3) is 10.4 Å². The molecule has 0 N–H and O–H groups in total. The molecule has 5 atom stereocenters. The molecule has 23 heavy (non-hydrogen) atoms. The summed E-state index contributed by atoms with van der Waals surface area (Å²) in [7, 11) is 0. The van der Waals surface area contributed by atoms with Crippen LogP contribution in [0, 0.1) is 0 Å². The minimum Gasteiger partial charge on any atom is -0.463 e. The fourth-order valence-electron chi connectivity index (χ4n) is 2.05. The number of hydrogen-bond acceptors (Lipinski definition) is 8. The molecule has 10 nitrogen and oxygen atoms in total. The fourth-order valence-corrected chi connectivity index (χ4v) is 2.74. The molecule has 0 aromatic rings. The van der Waals surface area contributed by atoms with Gasteiger partial charge in [0.2, 0.25) is 0 Å². The molecule has 0 saturated carbocycles. The van der Waals surface area contributed by atoms with Gasteiger partial charge in [-0.15, -0.1) is 0 Å². The number of carbonyl (C=O) groups excluding carboxylic acids is 3. The Balaban J connectivity index is 3.11. The summed E-state index contributed by atoms with van der Waals surface area (Å²) in [6.45, 7) is 3.31. The van der Waals surface area contributed by atoms with E-state index in [1.165, 1.54) is 6.92 Å². The largest absolute Gasteiger partial charge is 0.463 e. The molecule has 1 aliphatic heterocycles. The molecule has 0 aromatic heterocycles. The second-order valence-electron chi connectivity index (χ2n) is 4.67. The predicted molar refractivity (Wildman–Crippen MR) is 78.3 cm³/mol. The molecule has 0 bridgehead atoms. The van der Waals surface area contributed by atoms with Crippen LogP contribution in [0.2, 0.25) is 0 Å². The van der Waals surface area contributed by atoms with Crippen molar-refractivity contribution in [2.45, 2.75) is 50.1 Å². The second kappa shape index (κ2) is 8.70. The first-order valence-corrected chi connectivity index (χ1v) is 7.49. The Hall–Kier alpha value is -1.84. The molecule has 128 valence electrons. The highest BCUT2D eigenvalue weighted by molar-refractivity contribution is 9.09. The van der Waals surface area contributed by atoms with Crippen LogP contribution < -0.4 is 0 Å². The quantitative estimate of drug-likeness (QED) is 0.171. The maximum absolute atomic E-state index is 11.3. The first-order chi connectivity index (χ1) is 10.8. The van der Waals surface area contributed by atoms with E-state index < -0.39 is 47.3 Å². The third-order valence-electron chi connectivity index (χ3n) is 2.84. The van der Waals surface area contributed by atoms with Crippen molar-refractivity contribution in [3.05, 3.63) is 10.4 Å². The number of nitrogens with zero attached hydrogens (tertiary/aromatic N) is 3. The zero-order chi connectivity index (χ0) is 17.6. The molecule has 0 aliphatic carbocycles. The van der Waals surface area contributed by atoms with E-state index in [9.17, 15) is 14.4 Å². The van der Waals surface area contributed by atoms with Crippen LogP contribution in [0.15, 0.2) is 5.11 Å². The molecule has 1 heterocycles. The topological polar surface area (TPSA) is 137 Å². The predicted octanol–water partition coefficient (Wildman–Crippen LogP) is 1.21. The van der Waals surface area contributed by atoms with Crippen LogP contribution in [0.3, 0.4) is 0 Å². The van der Waals surface area contributed by atoms with E-state index in [2.05, 4.69) is 26.0 Å². The van der Waals surface area contributed by atoms with E-state index in [1.807, 2.05) is 0 Å². The summed E-state index contributed by atoms with van der Waals surface area (Å²) in [6.07, 6.45) is -3.09. The Morgan fingerprint density at radius 3 is 2.17 bits per heavy atom. The molecule has 1 saturated heterocycles. The zero-order valence-corrected chi connectivity index (χ0v) is 14.3. The third kappa shape index (κ3) is 5.70. The molecular weight excluding hydrogens is 378 g/mol. The van der Waals surface area contributed by atoms with Crippen LogP contribution >= 0.6 is 15.9 Å². The monoisotopic (exact) mass is 393 g/mol. The van der Waals surface area contributed by atoms with Crippen LogP contribution in [-0.2, 0) is 33.3 Å². The number of hydrogen-bond donors (Lipinski definition) is 0. The van der Waals surface area contributed by atoms with Gasteiger partial charge < -0.3 is 18.9 Å². The molecule has 0 aromatic carbocycles. The van der Waals surface area contributed by atoms with Gasteiger partial charge in [0.05, 0.1) is 0 Å². The maximum Gasteiger partial charge on any atom is 0.303 e. The van der Waals surface area contributed by atoms with Gasteiger partial charge in [0.1, 0.15) is 23.8 Å². The SMILES string of the molecule is CC(=O)OC[C@H]1OC(Br)[C@H](N=[N+]=[N-])[C@@H](OC(C)=O)[C@H]1OC(C)=O. The molecule has 1 fully saturated rings. The molecular formula is C12H16BrN3O7. The first kappa shape index (κ1) is 19.2. The minimum absolute atomic E-state index is 0.226. The Morgan fingerprint density at radius 2 is 1.70 bits per heavy atom. The lowest BCUT2D eigenvalue weighted by molar-refractivity contribution is -0.208. The summed E-state index contributed by atoms with van der Waals surface area (Å²) in [5.41, 5.74) is 8.66. The van der Waals surface area contributed by atoms with Crippen LogP contribution in [-0.4, -0.2) is 53.9 Å². The smallest absolute Gasteiger partial charge is 0.303 e. The number of azide groups is 1. The Bertz CT molecular complexity index is 523. The highest BCUT2D eigenvalue weighted by Gasteiger charge is 2.49. The summed E-state index contributed by atoms with van der Waals surface area (Å²) in [5, 5.41) is 2.69. The van der Waals surface area contributed by atoms with E-state index in [0.29, 0.717) is 0 Å². The molecule has 0 radical (unpaired) electrons. The lowest BCUT2D eigenvalue weighted by atomic mass is 9.98. The Morgan fingerprint density at radius 1 is 1.13 bits per heavy atom. The van der Waals surface area contributed by atoms with Gasteiger partial charge in [-0.2, -0.15) is 0 Å². The standard InChI is InChI=1S/C12H16BrN3O7/c1-5(17)20-4-8-10(21-6(2)18)11(22-7(3)19)9(15-16-14)12(13)23-8/h8-12H,4H2,1-3H3/t8-,9-,10+,11-,12?/m1/s1. The van der Waals surface area contributed by atoms with E-state index in [-0.39, 0.29) is 6.61 Å². The molecule has 1 rings (SSSR count). The van der Waals surface area contributed by atoms with Gasteiger partial charge >= 0.3 is 17.9 Å². The van der Waals surface area contributed by atoms with Crippen molar-refractivity contribution in [3.8, 4) is 0 Å². The lowest BCUT2D eigenvalue weighted by Gasteiger charge is -2.41. The van der Waals surface area contributed by atoms with Gasteiger partial charge in [0.25, 0.3) is 0 Å². The van der Waals surface area contributed by atoms with Crippen molar-refractivity contribution >= 4 is 33.8 Å². The number of ether oxygens (including phenoxy) is 4. The first-order valence-electron chi connectivity index (χ1n) is 6.57. The van der Waals surface area contributed by atoms with Crippen molar-refractivity contribution in [2.24, 2.45) is 5.11 Å². The molecule has 0 amide bonds. The van der Waals surface area contributed by atoms with E-state index >= 15 is 0 Å². The minimum atomic E-state index is -1.10. The van der Waals surface area contributed by atoms with Gasteiger partial charge in [-0.3, -0.25) is 14.4 Å². The molecule has 0 spiro atoms. The van der Waals surface area contributed by atoms with E-state index in [1.54, 1.807) is 0 Å². The maximum atomic E-state index is 11.3. The summed E-state index contributed by atoms with van der Waals surface area (Å²) in [4.78, 5) is 36.3. The van der Waals surface area contributed by atoms with Crippen molar-refractivity contribution in [3.63, 3.8) is 0 Å². The number of esters is 3. The Labute approximate surface area is 140 Å². The molecule has 1 unspecified atom stereocenters. The van der Waals surface area contributed by atoms with Crippen molar-refractivity contribution in [1.29, 1.82) is 0 Å². The second-order valence-corrected chi connectivity index (χ2v) is 5.57. The highest BCUT2D eigenvalue weighted by atomic mass is 79.9. The van der Waals surface area contributed by atoms with Crippen molar-refractivity contribution in [1.82, 2.24) is 0 Å². The average molecular weight is 394 g/mol. The zero-order valence-electron chi connectivity index (χ0n) is 12.7. The van der Waals surface area contributed by atoms with Crippen LogP contribution in [0.5, 0.6) is 0 Å². The summed E-state index contributed by atoms with van der Waals surface area (Å²) >= 11 is 3.17. The van der Waals surface area contributed by atoms with Crippen molar-refractivity contribution < 1.29 is 33.3 Å². The summed E-state index contributed by atoms with van der Waals surface area (Å²) in [6, 6.07) is -0.971. The molecule has 11 heteroatoms. The lowest BCUT2D eigenvalue weighted by Crippen LogP contribution is -2.59. The number of carbonyl (C=O) groups is 3. The average Bonchev–Trinajstić information content (AvgIpc) is 2.42. The van der Waals surface area contributed by atoms with Gasteiger partial charge in [-0.25, -0.2) is 0 Å². The number of halogens is 1. The van der Waals surface area contributed by atoms with Gasteiger partial charge in [-0.1, -0.05) is 21.0 Å². The van der Waals surface area contributed by atoms with E-state index in [4.69, 9.17) is 24.5 Å². The normalized spacial score (nSPS) is 29.8. The van der Waals surface area contributed by atoms with Crippen LogP contribution in [0.4, 0.5) is 0 Å². The van der Waals surface area contributed by atoms with Gasteiger partial charge in [-0.05, 0) is 5.53 Å². The fraction of sp³-hybridized carbons (Fsp3) is 0.750. The third-order valence-corrected chi connectivity index (χ3v) is 3.60. The van der Waals surface area contributed by atoms with E-state index in [0.717, 1.165) is 13.8 Å². The van der Waals surface area contributed by atoms with Crippen molar-refractivity contribution in [2.75, 3.05) is 6.61 Å². The molecule has 1 aliphatic rings. The van der Waals surface area contributed by atoms with Gasteiger partial charge in [0, 0.05) is 25.7 Å². The summed E-state index contributed by atoms with van der Waals surface area (Å²) in [5.74, 6) is -1.86. The number of alkyl halides is 1. The number of rotatable bonds is 5. The highest BCUT2D eigenvalue weighted by Crippen LogP contribution is 2.31. The summed E-state index contributed by atoms with van der Waals surface area (Å²) < 4.78 is 20.7. The Kier molecular flexibility index (Phi) is 7.27. The van der Waals surface area contributed by atoms with Crippen LogP contribution in [0.1, 0.15) is 20.8 Å².